The maximum absolute atomic E-state index is 13.9. The van der Waals surface area contributed by atoms with E-state index in [9.17, 15) is 9.59 Å². The number of benzene rings is 4. The molecule has 4 aromatic carbocycles. The number of H-pyrrole nitrogens is 2. The van der Waals surface area contributed by atoms with Gasteiger partial charge in [-0.3, -0.25) is 9.59 Å². The summed E-state index contributed by atoms with van der Waals surface area (Å²) in [6.45, 7) is 1.97. The summed E-state index contributed by atoms with van der Waals surface area (Å²) in [6, 6.07) is 27.9. The Morgan fingerprint density at radius 2 is 1.20 bits per heavy atom. The first-order chi connectivity index (χ1) is 21.5. The van der Waals surface area contributed by atoms with Gasteiger partial charge in [0.1, 0.15) is 11.0 Å². The van der Waals surface area contributed by atoms with Gasteiger partial charge in [-0.2, -0.15) is 8.75 Å². The third kappa shape index (κ3) is 3.83. The summed E-state index contributed by atoms with van der Waals surface area (Å²) < 4.78 is 9.27. The molecule has 0 fully saturated rings. The Labute approximate surface area is 261 Å². The van der Waals surface area contributed by atoms with Gasteiger partial charge in [0.25, 0.3) is 0 Å². The third-order valence-electron chi connectivity index (χ3n) is 8.23. The topological polar surface area (TPSA) is 91.5 Å². The first-order valence-electron chi connectivity index (χ1n) is 14.0. The Bertz CT molecular complexity index is 2730. The summed E-state index contributed by atoms with van der Waals surface area (Å²) >= 11 is 4.60. The monoisotopic (exact) mass is 624 g/mol. The van der Waals surface area contributed by atoms with Crippen molar-refractivity contribution in [1.29, 1.82) is 0 Å². The third-order valence-corrected chi connectivity index (χ3v) is 10.8. The largest absolute Gasteiger partial charge is 0.354 e. The molecule has 0 spiro atoms. The summed E-state index contributed by atoms with van der Waals surface area (Å²) in [7, 11) is 0. The number of rotatable bonds is 3. The van der Waals surface area contributed by atoms with Crippen molar-refractivity contribution in [3.8, 4) is 31.3 Å². The van der Waals surface area contributed by atoms with E-state index >= 15 is 0 Å². The van der Waals surface area contributed by atoms with Gasteiger partial charge >= 0.3 is 0 Å². The van der Waals surface area contributed by atoms with Crippen molar-refractivity contribution in [2.45, 2.75) is 6.92 Å². The Hall–Kier alpha value is -4.96. The van der Waals surface area contributed by atoms with Crippen LogP contribution in [0.3, 0.4) is 0 Å². The SMILES string of the molecule is Cc1ccc2[nH]c3cc4c(=O)c5cc(-c6ccc(-c7ccc(-c8cccs8)c8nsnc78)s6)ccc5[nH]c4cc3c(=O)c2c1. The second-order valence-corrected chi connectivity index (χ2v) is 13.5. The van der Waals surface area contributed by atoms with Crippen molar-refractivity contribution in [1.82, 2.24) is 18.7 Å². The minimum Gasteiger partial charge on any atom is -0.354 e. The number of aryl methyl sites for hydroxylation is 1. The second-order valence-electron chi connectivity index (χ2n) is 10.9. The lowest BCUT2D eigenvalue weighted by atomic mass is 10.0. The maximum Gasteiger partial charge on any atom is 0.197 e. The first kappa shape index (κ1) is 25.5. The number of fused-ring (bicyclic) bond motifs is 5. The molecule has 0 aliphatic heterocycles. The number of aromatic amines is 2. The van der Waals surface area contributed by atoms with E-state index < -0.39 is 0 Å². The standard InChI is InChI=1S/C35H20N4O2S3/c1-17-4-8-25-21(13-17)34(40)23-15-28-24(16-27(23)36-25)35(41)22-14-18(5-9-26(22)37-28)29-10-11-31(43-29)20-7-6-19(30-3-2-12-42-30)32-33(20)39-44-38-32/h2-16H,1H3,(H,36,40)(H,37,41). The van der Waals surface area contributed by atoms with E-state index in [0.29, 0.717) is 32.6 Å². The van der Waals surface area contributed by atoms with Crippen LogP contribution < -0.4 is 10.9 Å². The fourth-order valence-corrected chi connectivity index (χ4v) is 8.40. The molecule has 0 bridgehead atoms. The molecule has 44 heavy (non-hydrogen) atoms. The van der Waals surface area contributed by atoms with Gasteiger partial charge in [0.05, 0.1) is 22.8 Å². The summed E-state index contributed by atoms with van der Waals surface area (Å²) in [6.07, 6.45) is 0. The average Bonchev–Trinajstić information content (AvgIpc) is 3.84. The quantitative estimate of drug-likeness (QED) is 0.192. The molecule has 0 unspecified atom stereocenters. The average molecular weight is 625 g/mol. The van der Waals surface area contributed by atoms with Gasteiger partial charge in [-0.05, 0) is 72.5 Å². The molecule has 210 valence electrons. The number of pyridine rings is 2. The minimum absolute atomic E-state index is 0.0454. The Morgan fingerprint density at radius 3 is 1.89 bits per heavy atom. The lowest BCUT2D eigenvalue weighted by molar-refractivity contribution is 1.43. The predicted octanol–water partition coefficient (Wildman–Crippen LogP) is 9.11. The van der Waals surface area contributed by atoms with Crippen molar-refractivity contribution >= 4 is 89.0 Å². The molecule has 6 nitrogen and oxygen atoms in total. The van der Waals surface area contributed by atoms with Crippen LogP contribution in [0.4, 0.5) is 0 Å². The number of nitrogens with one attached hydrogen (secondary N) is 2. The van der Waals surface area contributed by atoms with Crippen molar-refractivity contribution in [3.05, 3.63) is 116 Å². The van der Waals surface area contributed by atoms with E-state index in [0.717, 1.165) is 54.1 Å². The van der Waals surface area contributed by atoms with Gasteiger partial charge in [-0.15, -0.1) is 22.7 Å². The highest BCUT2D eigenvalue weighted by Crippen LogP contribution is 2.41. The highest BCUT2D eigenvalue weighted by atomic mass is 32.1. The lowest BCUT2D eigenvalue weighted by Crippen LogP contribution is -2.08. The molecule has 9 aromatic rings. The van der Waals surface area contributed by atoms with Crippen molar-refractivity contribution in [3.63, 3.8) is 0 Å². The smallest absolute Gasteiger partial charge is 0.197 e. The molecule has 0 radical (unpaired) electrons. The van der Waals surface area contributed by atoms with Crippen LogP contribution in [0.15, 0.2) is 99.9 Å². The fourth-order valence-electron chi connectivity index (χ4n) is 6.05. The van der Waals surface area contributed by atoms with Crippen LogP contribution in [0.1, 0.15) is 5.56 Å². The van der Waals surface area contributed by atoms with Gasteiger partial charge in [-0.1, -0.05) is 35.9 Å². The molecule has 0 saturated heterocycles. The number of nitrogens with zero attached hydrogens (tertiary/aromatic N) is 2. The zero-order valence-electron chi connectivity index (χ0n) is 23.1. The first-order valence-corrected chi connectivity index (χ1v) is 16.4. The van der Waals surface area contributed by atoms with Crippen LogP contribution in [-0.4, -0.2) is 18.7 Å². The Morgan fingerprint density at radius 1 is 0.591 bits per heavy atom. The molecule has 9 rings (SSSR count). The summed E-state index contributed by atoms with van der Waals surface area (Å²) in [5.74, 6) is 0. The minimum atomic E-state index is -0.0708. The van der Waals surface area contributed by atoms with Gasteiger partial charge < -0.3 is 9.97 Å². The number of hydrogen-bond acceptors (Lipinski definition) is 7. The molecule has 2 N–H and O–H groups in total. The number of aromatic nitrogens is 4. The fraction of sp³-hybridized carbons (Fsp3) is 0.0286. The van der Waals surface area contributed by atoms with Gasteiger partial charge in [0.15, 0.2) is 10.9 Å². The number of thiophene rings is 2. The highest BCUT2D eigenvalue weighted by molar-refractivity contribution is 7.19. The van der Waals surface area contributed by atoms with E-state index in [-0.39, 0.29) is 10.9 Å². The molecule has 5 aromatic heterocycles. The summed E-state index contributed by atoms with van der Waals surface area (Å²) in [5, 5.41) is 4.42. The van der Waals surface area contributed by atoms with Crippen LogP contribution >= 0.6 is 34.4 Å². The zero-order valence-corrected chi connectivity index (χ0v) is 25.5. The molecule has 5 heterocycles. The predicted molar refractivity (Wildman–Crippen MR) is 185 cm³/mol. The molecule has 0 amide bonds. The van der Waals surface area contributed by atoms with E-state index in [1.54, 1.807) is 34.8 Å². The molecular formula is C35H20N4O2S3. The molecule has 0 atom stereocenters. The van der Waals surface area contributed by atoms with Crippen LogP contribution in [-0.2, 0) is 0 Å². The lowest BCUT2D eigenvalue weighted by Gasteiger charge is -2.08. The van der Waals surface area contributed by atoms with E-state index in [4.69, 9.17) is 0 Å². The molecular weight excluding hydrogens is 605 g/mol. The van der Waals surface area contributed by atoms with E-state index in [1.165, 1.54) is 16.6 Å². The van der Waals surface area contributed by atoms with Gasteiger partial charge in [0, 0.05) is 58.3 Å². The molecule has 0 aliphatic rings. The maximum atomic E-state index is 13.9. The molecule has 9 heteroatoms. The van der Waals surface area contributed by atoms with Crippen molar-refractivity contribution < 1.29 is 0 Å². The summed E-state index contributed by atoms with van der Waals surface area (Å²) in [5.41, 5.74) is 8.64. The molecule has 0 saturated carbocycles. The van der Waals surface area contributed by atoms with Crippen LogP contribution in [0.2, 0.25) is 0 Å². The summed E-state index contributed by atoms with van der Waals surface area (Å²) in [4.78, 5) is 37.3. The highest BCUT2D eigenvalue weighted by Gasteiger charge is 2.17. The Kier molecular flexibility index (Phi) is 5.52. The van der Waals surface area contributed by atoms with E-state index in [2.05, 4.69) is 54.4 Å². The van der Waals surface area contributed by atoms with Crippen LogP contribution in [0.5, 0.6) is 0 Å². The Balaban J connectivity index is 1.16. The van der Waals surface area contributed by atoms with Gasteiger partial charge in [0.2, 0.25) is 0 Å². The zero-order chi connectivity index (χ0) is 29.5. The van der Waals surface area contributed by atoms with E-state index in [1.807, 2.05) is 49.4 Å². The molecule has 0 aliphatic carbocycles. The van der Waals surface area contributed by atoms with Crippen molar-refractivity contribution in [2.75, 3.05) is 0 Å². The van der Waals surface area contributed by atoms with Crippen LogP contribution in [0, 0.1) is 6.92 Å². The second kappa shape index (κ2) is 9.52. The normalized spacial score (nSPS) is 11.9. The van der Waals surface area contributed by atoms with Crippen LogP contribution in [0.25, 0.3) is 86.0 Å². The number of hydrogen-bond donors (Lipinski definition) is 2. The van der Waals surface area contributed by atoms with Gasteiger partial charge in [-0.25, -0.2) is 0 Å². The van der Waals surface area contributed by atoms with Crippen molar-refractivity contribution in [2.24, 2.45) is 0 Å².